The van der Waals surface area contributed by atoms with Crippen LogP contribution in [-0.4, -0.2) is 23.7 Å². The highest BCUT2D eigenvalue weighted by Crippen LogP contribution is 2.19. The zero-order valence-electron chi connectivity index (χ0n) is 7.10. The Balaban J connectivity index is 2.24. The number of carbonyl (C=O) groups is 1. The average molecular weight is 176 g/mol. The van der Waals surface area contributed by atoms with Crippen LogP contribution in [0.1, 0.15) is 6.42 Å². The molecule has 1 radical (unpaired) electrons. The smallest absolute Gasteiger partial charge is 0.255 e. The van der Waals surface area contributed by atoms with E-state index in [2.05, 4.69) is 6.07 Å². The Morgan fingerprint density at radius 2 is 2.38 bits per heavy atom. The summed E-state index contributed by atoms with van der Waals surface area (Å²) < 4.78 is 0. The van der Waals surface area contributed by atoms with E-state index in [1.165, 1.54) is 0 Å². The van der Waals surface area contributed by atoms with E-state index in [9.17, 15) is 9.90 Å². The third-order valence-electron chi connectivity index (χ3n) is 2.16. The van der Waals surface area contributed by atoms with Crippen molar-refractivity contribution in [2.24, 2.45) is 0 Å². The quantitative estimate of drug-likeness (QED) is 0.680. The van der Waals surface area contributed by atoms with Crippen LogP contribution in [0.4, 0.5) is 5.69 Å². The van der Waals surface area contributed by atoms with Crippen LogP contribution in [0.2, 0.25) is 0 Å². The fourth-order valence-corrected chi connectivity index (χ4v) is 1.46. The van der Waals surface area contributed by atoms with Crippen molar-refractivity contribution in [2.45, 2.75) is 12.5 Å². The van der Waals surface area contributed by atoms with Gasteiger partial charge in [0.15, 0.2) is 0 Å². The molecule has 0 aliphatic carbocycles. The van der Waals surface area contributed by atoms with Gasteiger partial charge in [0, 0.05) is 19.0 Å². The van der Waals surface area contributed by atoms with Crippen LogP contribution in [0.15, 0.2) is 24.3 Å². The van der Waals surface area contributed by atoms with Gasteiger partial charge in [-0.25, -0.2) is 0 Å². The number of amides is 1. The molecule has 1 heterocycles. The second-order valence-corrected chi connectivity index (χ2v) is 3.04. The number of para-hydroxylation sites is 1. The molecule has 13 heavy (non-hydrogen) atoms. The van der Waals surface area contributed by atoms with E-state index in [0.29, 0.717) is 13.0 Å². The van der Waals surface area contributed by atoms with Crippen LogP contribution in [-0.2, 0) is 4.79 Å². The van der Waals surface area contributed by atoms with Crippen molar-refractivity contribution in [1.82, 2.24) is 0 Å². The van der Waals surface area contributed by atoms with Crippen molar-refractivity contribution in [3.63, 3.8) is 0 Å². The molecule has 0 aromatic heterocycles. The van der Waals surface area contributed by atoms with E-state index in [1.807, 2.05) is 18.2 Å². The second kappa shape index (κ2) is 3.18. The van der Waals surface area contributed by atoms with Crippen LogP contribution in [0, 0.1) is 6.07 Å². The first kappa shape index (κ1) is 8.26. The lowest BCUT2D eigenvalue weighted by atomic mass is 10.3. The van der Waals surface area contributed by atoms with Gasteiger partial charge in [-0.2, -0.15) is 0 Å². The summed E-state index contributed by atoms with van der Waals surface area (Å²) in [6.45, 7) is 0.584. The van der Waals surface area contributed by atoms with Gasteiger partial charge in [0.1, 0.15) is 6.10 Å². The minimum atomic E-state index is -0.825. The molecule has 0 saturated carbocycles. The van der Waals surface area contributed by atoms with Gasteiger partial charge in [0.2, 0.25) is 0 Å². The van der Waals surface area contributed by atoms with Crippen molar-refractivity contribution in [2.75, 3.05) is 11.4 Å². The molecule has 1 fully saturated rings. The number of aliphatic hydroxyl groups is 1. The number of benzene rings is 1. The van der Waals surface area contributed by atoms with E-state index < -0.39 is 6.10 Å². The largest absolute Gasteiger partial charge is 0.383 e. The fourth-order valence-electron chi connectivity index (χ4n) is 1.46. The molecule has 0 bridgehead atoms. The van der Waals surface area contributed by atoms with E-state index in [1.54, 1.807) is 11.0 Å². The Morgan fingerprint density at radius 3 is 2.92 bits per heavy atom. The van der Waals surface area contributed by atoms with Crippen LogP contribution >= 0.6 is 0 Å². The number of hydrogen-bond donors (Lipinski definition) is 1. The minimum absolute atomic E-state index is 0.220. The third-order valence-corrected chi connectivity index (χ3v) is 2.16. The number of carbonyl (C=O) groups excluding carboxylic acids is 1. The number of aliphatic hydroxyl groups excluding tert-OH is 1. The van der Waals surface area contributed by atoms with E-state index in [-0.39, 0.29) is 5.91 Å². The van der Waals surface area contributed by atoms with Gasteiger partial charge in [-0.1, -0.05) is 18.2 Å². The zero-order chi connectivity index (χ0) is 9.26. The highest BCUT2D eigenvalue weighted by molar-refractivity contribution is 5.98. The number of hydrogen-bond acceptors (Lipinski definition) is 2. The Bertz CT molecular complexity index is 310. The van der Waals surface area contributed by atoms with Crippen LogP contribution in [0.25, 0.3) is 0 Å². The average Bonchev–Trinajstić information content (AvgIpc) is 2.49. The first-order chi connectivity index (χ1) is 6.29. The molecule has 1 aliphatic rings. The lowest BCUT2D eigenvalue weighted by Gasteiger charge is -2.14. The highest BCUT2D eigenvalue weighted by atomic mass is 16.3. The minimum Gasteiger partial charge on any atom is -0.383 e. The van der Waals surface area contributed by atoms with E-state index in [4.69, 9.17) is 0 Å². The summed E-state index contributed by atoms with van der Waals surface area (Å²) in [6, 6.07) is 10.2. The van der Waals surface area contributed by atoms with Gasteiger partial charge in [0.25, 0.3) is 5.91 Å². The van der Waals surface area contributed by atoms with Gasteiger partial charge < -0.3 is 10.0 Å². The first-order valence-corrected chi connectivity index (χ1v) is 4.25. The second-order valence-electron chi connectivity index (χ2n) is 3.04. The molecule has 2 rings (SSSR count). The van der Waals surface area contributed by atoms with Crippen LogP contribution < -0.4 is 4.90 Å². The third kappa shape index (κ3) is 1.42. The molecular formula is C10H10NO2. The van der Waals surface area contributed by atoms with Crippen molar-refractivity contribution < 1.29 is 9.90 Å². The molecule has 67 valence electrons. The number of rotatable bonds is 1. The maximum atomic E-state index is 11.4. The summed E-state index contributed by atoms with van der Waals surface area (Å²) in [5.74, 6) is -0.220. The van der Waals surface area contributed by atoms with Crippen LogP contribution in [0.3, 0.4) is 0 Å². The zero-order valence-corrected chi connectivity index (χ0v) is 7.10. The standard InChI is InChI=1S/C10H10NO2/c12-9-6-7-11(10(9)13)8-4-2-1-3-5-8/h1-4,9,12H,6-7H2. The monoisotopic (exact) mass is 176 g/mol. The summed E-state index contributed by atoms with van der Waals surface area (Å²) in [6.07, 6.45) is -0.310. The Labute approximate surface area is 76.6 Å². The molecule has 3 nitrogen and oxygen atoms in total. The van der Waals surface area contributed by atoms with E-state index in [0.717, 1.165) is 5.69 Å². The van der Waals surface area contributed by atoms with Crippen molar-refractivity contribution >= 4 is 11.6 Å². The van der Waals surface area contributed by atoms with Gasteiger partial charge >= 0.3 is 0 Å². The van der Waals surface area contributed by atoms with Crippen molar-refractivity contribution in [3.05, 3.63) is 30.3 Å². The number of anilines is 1. The van der Waals surface area contributed by atoms with Crippen molar-refractivity contribution in [1.29, 1.82) is 0 Å². The van der Waals surface area contributed by atoms with Gasteiger partial charge in [-0.3, -0.25) is 4.79 Å². The summed E-state index contributed by atoms with van der Waals surface area (Å²) in [5.41, 5.74) is 0.740. The molecule has 1 aromatic carbocycles. The normalized spacial score (nSPS) is 22.4. The first-order valence-electron chi connectivity index (χ1n) is 4.25. The maximum absolute atomic E-state index is 11.4. The summed E-state index contributed by atoms with van der Waals surface area (Å²) in [7, 11) is 0. The fraction of sp³-hybridized carbons (Fsp3) is 0.300. The molecule has 1 unspecified atom stereocenters. The molecule has 0 spiro atoms. The predicted molar refractivity (Wildman–Crippen MR) is 48.3 cm³/mol. The van der Waals surface area contributed by atoms with Gasteiger partial charge in [0.05, 0.1) is 5.69 Å². The molecule has 1 aromatic rings. The van der Waals surface area contributed by atoms with Crippen molar-refractivity contribution in [3.8, 4) is 0 Å². The predicted octanol–water partition coefficient (Wildman–Crippen LogP) is 0.584. The highest BCUT2D eigenvalue weighted by Gasteiger charge is 2.30. The molecule has 1 saturated heterocycles. The molecule has 1 N–H and O–H groups in total. The SMILES string of the molecule is O=C1C(O)CCN1c1[c]cccc1. The molecule has 1 aliphatic heterocycles. The lowest BCUT2D eigenvalue weighted by molar-refractivity contribution is -0.123. The van der Waals surface area contributed by atoms with Crippen LogP contribution in [0.5, 0.6) is 0 Å². The number of nitrogens with zero attached hydrogens (tertiary/aromatic N) is 1. The Kier molecular flexibility index (Phi) is 2.02. The molecular weight excluding hydrogens is 166 g/mol. The molecule has 1 amide bonds. The molecule has 1 atom stereocenters. The summed E-state index contributed by atoms with van der Waals surface area (Å²) in [5, 5.41) is 9.22. The maximum Gasteiger partial charge on any atom is 0.255 e. The summed E-state index contributed by atoms with van der Waals surface area (Å²) in [4.78, 5) is 12.9. The summed E-state index contributed by atoms with van der Waals surface area (Å²) >= 11 is 0. The topological polar surface area (TPSA) is 40.5 Å². The lowest BCUT2D eigenvalue weighted by Crippen LogP contribution is -2.28. The molecule has 3 heteroatoms. The van der Waals surface area contributed by atoms with Gasteiger partial charge in [-0.15, -0.1) is 0 Å². The Morgan fingerprint density at radius 1 is 1.54 bits per heavy atom. The van der Waals surface area contributed by atoms with Gasteiger partial charge in [-0.05, 0) is 6.07 Å². The Hall–Kier alpha value is -1.35. The van der Waals surface area contributed by atoms with E-state index >= 15 is 0 Å².